The second-order valence-electron chi connectivity index (χ2n) is 2.67. The number of ketones is 1. The number of halogens is 4. The number of rotatable bonds is 3. The van der Waals surface area contributed by atoms with Crippen molar-refractivity contribution in [3.63, 3.8) is 0 Å². The molecule has 0 aromatic heterocycles. The monoisotopic (exact) mass is 298 g/mol. The third-order valence-electron chi connectivity index (χ3n) is 1.51. The Labute approximate surface area is 97.2 Å². The van der Waals surface area contributed by atoms with Gasteiger partial charge in [0, 0.05) is 10.0 Å². The molecule has 0 radical (unpaired) electrons. The van der Waals surface area contributed by atoms with E-state index in [-0.39, 0.29) is 17.3 Å². The van der Waals surface area contributed by atoms with Crippen molar-refractivity contribution in [3.05, 3.63) is 34.3 Å². The zero-order valence-corrected chi connectivity index (χ0v) is 9.75. The quantitative estimate of drug-likeness (QED) is 0.788. The van der Waals surface area contributed by atoms with Gasteiger partial charge in [0.15, 0.2) is 5.78 Å². The average Bonchev–Trinajstić information content (AvgIpc) is 2.13. The highest BCUT2D eigenvalue weighted by Crippen LogP contribution is 2.30. The van der Waals surface area contributed by atoms with Crippen molar-refractivity contribution in [2.75, 3.05) is 5.75 Å². The van der Waals surface area contributed by atoms with Gasteiger partial charge in [-0.3, -0.25) is 4.79 Å². The molecule has 1 aromatic carbocycles. The molecule has 0 heterocycles. The lowest BCUT2D eigenvalue weighted by atomic mass is 10.2. The molecule has 82 valence electrons. The third-order valence-corrected chi connectivity index (χ3v) is 2.74. The highest BCUT2D eigenvalue weighted by Gasteiger charge is 2.29. The van der Waals surface area contributed by atoms with Gasteiger partial charge in [-0.1, -0.05) is 28.1 Å². The van der Waals surface area contributed by atoms with E-state index < -0.39 is 17.0 Å². The molecule has 0 bridgehead atoms. The van der Waals surface area contributed by atoms with Gasteiger partial charge in [-0.25, -0.2) is 0 Å². The lowest BCUT2D eigenvalue weighted by Gasteiger charge is -2.04. The molecule has 1 nitrogen and oxygen atoms in total. The lowest BCUT2D eigenvalue weighted by molar-refractivity contribution is -0.0327. The number of carbonyl (C=O) groups is 1. The Bertz CT molecular complexity index is 365. The molecule has 6 heteroatoms. The molecular formula is C9H6BrF3OS. The van der Waals surface area contributed by atoms with Crippen molar-refractivity contribution < 1.29 is 18.0 Å². The summed E-state index contributed by atoms with van der Waals surface area (Å²) in [7, 11) is 0. The molecule has 0 unspecified atom stereocenters. The average molecular weight is 299 g/mol. The van der Waals surface area contributed by atoms with Gasteiger partial charge in [-0.15, -0.1) is 0 Å². The second kappa shape index (κ2) is 5.03. The van der Waals surface area contributed by atoms with Crippen molar-refractivity contribution in [2.45, 2.75) is 5.51 Å². The molecular weight excluding hydrogens is 293 g/mol. The van der Waals surface area contributed by atoms with Crippen LogP contribution in [0.15, 0.2) is 28.7 Å². The van der Waals surface area contributed by atoms with E-state index in [1.165, 1.54) is 12.1 Å². The summed E-state index contributed by atoms with van der Waals surface area (Å²) in [6.45, 7) is 0. The van der Waals surface area contributed by atoms with E-state index in [0.29, 0.717) is 4.47 Å². The molecule has 0 saturated carbocycles. The van der Waals surface area contributed by atoms with Gasteiger partial charge in [0.25, 0.3) is 0 Å². The van der Waals surface area contributed by atoms with Gasteiger partial charge in [0.05, 0.1) is 5.75 Å². The Morgan fingerprint density at radius 1 is 1.40 bits per heavy atom. The van der Waals surface area contributed by atoms with Crippen molar-refractivity contribution >= 4 is 33.5 Å². The molecule has 0 aliphatic carbocycles. The number of benzene rings is 1. The van der Waals surface area contributed by atoms with Crippen molar-refractivity contribution in [1.82, 2.24) is 0 Å². The largest absolute Gasteiger partial charge is 0.442 e. The summed E-state index contributed by atoms with van der Waals surface area (Å²) >= 11 is 2.82. The fourth-order valence-corrected chi connectivity index (χ4v) is 1.75. The minimum atomic E-state index is -4.36. The maximum Gasteiger partial charge on any atom is 0.442 e. The third kappa shape index (κ3) is 4.70. The fraction of sp³-hybridized carbons (Fsp3) is 0.222. The Balaban J connectivity index is 2.62. The van der Waals surface area contributed by atoms with Gasteiger partial charge < -0.3 is 0 Å². The first-order chi connectivity index (χ1) is 6.88. The summed E-state index contributed by atoms with van der Waals surface area (Å²) in [5.41, 5.74) is -4.08. The smallest absolute Gasteiger partial charge is 0.293 e. The van der Waals surface area contributed by atoms with E-state index in [9.17, 15) is 18.0 Å². The van der Waals surface area contributed by atoms with Crippen LogP contribution in [0.3, 0.4) is 0 Å². The summed E-state index contributed by atoms with van der Waals surface area (Å²) < 4.78 is 36.1. The molecule has 0 amide bonds. The van der Waals surface area contributed by atoms with Crippen molar-refractivity contribution in [1.29, 1.82) is 0 Å². The summed E-state index contributed by atoms with van der Waals surface area (Å²) in [5, 5.41) is 0. The molecule has 0 saturated heterocycles. The summed E-state index contributed by atoms with van der Waals surface area (Å²) in [6, 6.07) is 6.30. The Morgan fingerprint density at radius 3 is 2.60 bits per heavy atom. The van der Waals surface area contributed by atoms with Gasteiger partial charge in [-0.05, 0) is 23.9 Å². The van der Waals surface area contributed by atoms with Crippen molar-refractivity contribution in [2.24, 2.45) is 0 Å². The minimum Gasteiger partial charge on any atom is -0.293 e. The zero-order valence-electron chi connectivity index (χ0n) is 7.34. The van der Waals surface area contributed by atoms with Gasteiger partial charge in [0.1, 0.15) is 0 Å². The van der Waals surface area contributed by atoms with Gasteiger partial charge in [-0.2, -0.15) is 13.2 Å². The molecule has 15 heavy (non-hydrogen) atoms. The number of Topliss-reactive ketones (excluding diaryl/α,β-unsaturated/α-hetero) is 1. The fourth-order valence-electron chi connectivity index (χ4n) is 0.893. The van der Waals surface area contributed by atoms with Crippen LogP contribution in [-0.4, -0.2) is 17.0 Å². The van der Waals surface area contributed by atoms with Crippen LogP contribution in [0.2, 0.25) is 0 Å². The molecule has 0 fully saturated rings. The van der Waals surface area contributed by atoms with Gasteiger partial charge >= 0.3 is 5.51 Å². The van der Waals surface area contributed by atoms with E-state index >= 15 is 0 Å². The molecule has 0 N–H and O–H groups in total. The molecule has 1 rings (SSSR count). The highest BCUT2D eigenvalue weighted by molar-refractivity contribution is 9.10. The topological polar surface area (TPSA) is 17.1 Å². The maximum absolute atomic E-state index is 11.8. The number of alkyl halides is 3. The number of hydrogen-bond acceptors (Lipinski definition) is 2. The number of thioether (sulfide) groups is 1. The maximum atomic E-state index is 11.8. The van der Waals surface area contributed by atoms with Crippen LogP contribution >= 0.6 is 27.7 Å². The van der Waals surface area contributed by atoms with E-state index in [1.54, 1.807) is 12.1 Å². The van der Waals surface area contributed by atoms with E-state index in [2.05, 4.69) is 15.9 Å². The SMILES string of the molecule is O=C(CSC(F)(F)F)c1cccc(Br)c1. The Morgan fingerprint density at radius 2 is 2.07 bits per heavy atom. The summed E-state index contributed by atoms with van der Waals surface area (Å²) in [5.74, 6) is -1.11. The predicted octanol–water partition coefficient (Wildman–Crippen LogP) is 3.88. The van der Waals surface area contributed by atoms with Crippen LogP contribution in [0, 0.1) is 0 Å². The normalized spacial score (nSPS) is 11.5. The van der Waals surface area contributed by atoms with E-state index in [1.807, 2.05) is 0 Å². The van der Waals surface area contributed by atoms with Crippen LogP contribution in [0.4, 0.5) is 13.2 Å². The molecule has 0 aliphatic heterocycles. The number of carbonyl (C=O) groups excluding carboxylic acids is 1. The molecule has 0 atom stereocenters. The second-order valence-corrected chi connectivity index (χ2v) is 4.62. The van der Waals surface area contributed by atoms with Crippen LogP contribution in [0.1, 0.15) is 10.4 Å². The summed E-state index contributed by atoms with van der Waals surface area (Å²) in [6.07, 6.45) is 0. The van der Waals surface area contributed by atoms with E-state index in [4.69, 9.17) is 0 Å². The van der Waals surface area contributed by atoms with E-state index in [0.717, 1.165) is 0 Å². The van der Waals surface area contributed by atoms with Crippen molar-refractivity contribution in [3.8, 4) is 0 Å². The standard InChI is InChI=1S/C9H6BrF3OS/c10-7-3-1-2-6(4-7)8(14)5-15-9(11,12)13/h1-4H,5H2. The Kier molecular flexibility index (Phi) is 4.21. The number of hydrogen-bond donors (Lipinski definition) is 0. The molecule has 0 aliphatic rings. The van der Waals surface area contributed by atoms with Crippen LogP contribution in [-0.2, 0) is 0 Å². The van der Waals surface area contributed by atoms with Crippen LogP contribution in [0.5, 0.6) is 0 Å². The van der Waals surface area contributed by atoms with Crippen LogP contribution < -0.4 is 0 Å². The molecule has 1 aromatic rings. The first-order valence-electron chi connectivity index (χ1n) is 3.88. The Hall–Kier alpha value is -0.490. The van der Waals surface area contributed by atoms with Gasteiger partial charge in [0.2, 0.25) is 0 Å². The zero-order chi connectivity index (χ0) is 11.5. The summed E-state index contributed by atoms with van der Waals surface area (Å²) in [4.78, 5) is 11.3. The first kappa shape index (κ1) is 12.6. The van der Waals surface area contributed by atoms with Crippen LogP contribution in [0.25, 0.3) is 0 Å². The lowest BCUT2D eigenvalue weighted by Crippen LogP contribution is -2.09. The highest BCUT2D eigenvalue weighted by atomic mass is 79.9. The molecule has 0 spiro atoms. The first-order valence-corrected chi connectivity index (χ1v) is 5.66. The minimum absolute atomic E-state index is 0.279. The predicted molar refractivity (Wildman–Crippen MR) is 57.0 cm³/mol.